The molecule has 0 spiro atoms. The molecule has 0 aromatic carbocycles. The van der Waals surface area contributed by atoms with Gasteiger partial charge in [-0.2, -0.15) is 0 Å². The van der Waals surface area contributed by atoms with Crippen molar-refractivity contribution < 1.29 is 5.11 Å². The van der Waals surface area contributed by atoms with E-state index >= 15 is 0 Å². The van der Waals surface area contributed by atoms with E-state index in [4.69, 9.17) is 5.11 Å². The van der Waals surface area contributed by atoms with Crippen LogP contribution in [0.5, 0.6) is 0 Å². The summed E-state index contributed by atoms with van der Waals surface area (Å²) in [5.41, 5.74) is 1.08. The zero-order valence-electron chi connectivity index (χ0n) is 11.1. The maximum atomic E-state index is 9.09. The lowest BCUT2D eigenvalue weighted by Crippen LogP contribution is -2.29. The first-order valence-electron chi connectivity index (χ1n) is 6.88. The van der Waals surface area contributed by atoms with Crippen molar-refractivity contribution in [3.8, 4) is 0 Å². The van der Waals surface area contributed by atoms with E-state index in [1.165, 1.54) is 12.8 Å². The number of aromatic nitrogens is 1. The summed E-state index contributed by atoms with van der Waals surface area (Å²) >= 11 is 0. The van der Waals surface area contributed by atoms with E-state index in [-0.39, 0.29) is 6.61 Å². The van der Waals surface area contributed by atoms with Crippen molar-refractivity contribution in [2.75, 3.05) is 25.0 Å². The van der Waals surface area contributed by atoms with Gasteiger partial charge in [-0.15, -0.1) is 0 Å². The molecule has 4 nitrogen and oxygen atoms in total. The van der Waals surface area contributed by atoms with Crippen molar-refractivity contribution in [2.45, 2.75) is 38.8 Å². The van der Waals surface area contributed by atoms with Crippen molar-refractivity contribution in [3.63, 3.8) is 0 Å². The van der Waals surface area contributed by atoms with Gasteiger partial charge in [-0.25, -0.2) is 4.98 Å². The summed E-state index contributed by atoms with van der Waals surface area (Å²) in [6, 6.07) is 6.77. The van der Waals surface area contributed by atoms with E-state index in [1.54, 1.807) is 0 Å². The molecule has 1 aromatic heterocycles. The quantitative estimate of drug-likeness (QED) is 0.738. The second-order valence-corrected chi connectivity index (χ2v) is 4.87. The summed E-state index contributed by atoms with van der Waals surface area (Å²) in [6.07, 6.45) is 3.62. The van der Waals surface area contributed by atoms with Crippen LogP contribution in [0.4, 0.5) is 5.82 Å². The average Bonchev–Trinajstić information content (AvgIpc) is 3.21. The van der Waals surface area contributed by atoms with Gasteiger partial charge >= 0.3 is 0 Å². The van der Waals surface area contributed by atoms with Crippen LogP contribution in [0.25, 0.3) is 0 Å². The number of aliphatic hydroxyl groups excluding tert-OH is 1. The first-order chi connectivity index (χ1) is 8.83. The Balaban J connectivity index is 1.94. The number of hydrogen-bond acceptors (Lipinski definition) is 4. The minimum atomic E-state index is 0.226. The molecule has 2 rings (SSSR count). The lowest BCUT2D eigenvalue weighted by Gasteiger charge is -2.20. The highest BCUT2D eigenvalue weighted by Crippen LogP contribution is 2.27. The first kappa shape index (κ1) is 13.3. The highest BCUT2D eigenvalue weighted by atomic mass is 16.3. The molecular formula is C14H23N3O. The average molecular weight is 249 g/mol. The molecule has 1 aromatic rings. The van der Waals surface area contributed by atoms with Gasteiger partial charge in [0.05, 0.1) is 12.3 Å². The van der Waals surface area contributed by atoms with E-state index in [9.17, 15) is 0 Å². The summed E-state index contributed by atoms with van der Waals surface area (Å²) in [5, 5.41) is 12.4. The molecule has 1 aliphatic carbocycles. The van der Waals surface area contributed by atoms with Crippen LogP contribution >= 0.6 is 0 Å². The predicted molar refractivity (Wildman–Crippen MR) is 73.5 cm³/mol. The smallest absolute Gasteiger partial charge is 0.126 e. The topological polar surface area (TPSA) is 48.4 Å². The van der Waals surface area contributed by atoms with Crippen LogP contribution in [-0.4, -0.2) is 40.7 Å². The molecule has 1 fully saturated rings. The van der Waals surface area contributed by atoms with Gasteiger partial charge in [0.2, 0.25) is 0 Å². The molecular weight excluding hydrogens is 226 g/mol. The molecule has 0 atom stereocenters. The summed E-state index contributed by atoms with van der Waals surface area (Å²) < 4.78 is 0. The van der Waals surface area contributed by atoms with Crippen LogP contribution in [0.3, 0.4) is 0 Å². The molecule has 0 radical (unpaired) electrons. The van der Waals surface area contributed by atoms with Crippen LogP contribution in [0, 0.1) is 0 Å². The number of nitrogens with one attached hydrogen (secondary N) is 1. The van der Waals surface area contributed by atoms with Gasteiger partial charge in [-0.1, -0.05) is 13.0 Å². The Morgan fingerprint density at radius 1 is 1.44 bits per heavy atom. The molecule has 4 heteroatoms. The van der Waals surface area contributed by atoms with Gasteiger partial charge in [0.25, 0.3) is 0 Å². The summed E-state index contributed by atoms with van der Waals surface area (Å²) in [4.78, 5) is 6.93. The van der Waals surface area contributed by atoms with Crippen LogP contribution in [0.2, 0.25) is 0 Å². The second kappa shape index (κ2) is 6.71. The summed E-state index contributed by atoms with van der Waals surface area (Å²) in [6.45, 7) is 4.92. The number of rotatable bonds is 8. The molecule has 1 aliphatic rings. The molecule has 18 heavy (non-hydrogen) atoms. The number of pyridine rings is 1. The van der Waals surface area contributed by atoms with Crippen molar-refractivity contribution in [1.29, 1.82) is 0 Å². The Morgan fingerprint density at radius 3 is 2.94 bits per heavy atom. The molecule has 0 unspecified atom stereocenters. The standard InChI is InChI=1S/C14H23N3O/c1-2-8-15-14-5-3-4-12(16-14)11-17(9-10-18)13-6-7-13/h3-5,13,18H,2,6-11H2,1H3,(H,15,16). The van der Waals surface area contributed by atoms with Gasteiger partial charge in [0.15, 0.2) is 0 Å². The molecule has 0 amide bonds. The third-order valence-electron chi connectivity index (χ3n) is 3.18. The molecule has 0 bridgehead atoms. The Hall–Kier alpha value is -1.13. The van der Waals surface area contributed by atoms with E-state index < -0.39 is 0 Å². The van der Waals surface area contributed by atoms with E-state index in [1.807, 2.05) is 12.1 Å². The van der Waals surface area contributed by atoms with Crippen molar-refractivity contribution in [3.05, 3.63) is 23.9 Å². The second-order valence-electron chi connectivity index (χ2n) is 4.87. The van der Waals surface area contributed by atoms with Crippen LogP contribution in [0.15, 0.2) is 18.2 Å². The van der Waals surface area contributed by atoms with Gasteiger partial charge in [-0.3, -0.25) is 4.90 Å². The zero-order valence-corrected chi connectivity index (χ0v) is 11.1. The minimum absolute atomic E-state index is 0.226. The van der Waals surface area contributed by atoms with E-state index in [0.29, 0.717) is 6.04 Å². The first-order valence-corrected chi connectivity index (χ1v) is 6.88. The fourth-order valence-corrected chi connectivity index (χ4v) is 2.09. The van der Waals surface area contributed by atoms with Crippen molar-refractivity contribution >= 4 is 5.82 Å². The number of hydrogen-bond donors (Lipinski definition) is 2. The Kier molecular flexibility index (Phi) is 4.96. The Labute approximate surface area is 109 Å². The predicted octanol–water partition coefficient (Wildman–Crippen LogP) is 1.86. The molecule has 100 valence electrons. The maximum Gasteiger partial charge on any atom is 0.126 e. The van der Waals surface area contributed by atoms with Crippen molar-refractivity contribution in [1.82, 2.24) is 9.88 Å². The lowest BCUT2D eigenvalue weighted by molar-refractivity contribution is 0.182. The van der Waals surface area contributed by atoms with Gasteiger partial charge in [0.1, 0.15) is 5.82 Å². The monoisotopic (exact) mass is 249 g/mol. The summed E-state index contributed by atoms with van der Waals surface area (Å²) in [5.74, 6) is 0.953. The van der Waals surface area contributed by atoms with Crippen molar-refractivity contribution in [2.24, 2.45) is 0 Å². The number of anilines is 1. The fourth-order valence-electron chi connectivity index (χ4n) is 2.09. The highest BCUT2D eigenvalue weighted by molar-refractivity contribution is 5.35. The van der Waals surface area contributed by atoms with Crippen LogP contribution in [-0.2, 0) is 6.54 Å². The molecule has 1 saturated carbocycles. The molecule has 0 aliphatic heterocycles. The van der Waals surface area contributed by atoms with Gasteiger partial charge < -0.3 is 10.4 Å². The highest BCUT2D eigenvalue weighted by Gasteiger charge is 2.28. The third-order valence-corrected chi connectivity index (χ3v) is 3.18. The van der Waals surface area contributed by atoms with Gasteiger partial charge in [0, 0.05) is 25.7 Å². The Bertz CT molecular complexity index is 366. The molecule has 0 saturated heterocycles. The SMILES string of the molecule is CCCNc1cccc(CN(CCO)C2CC2)n1. The van der Waals surface area contributed by atoms with Crippen LogP contribution in [0.1, 0.15) is 31.9 Å². The lowest BCUT2D eigenvalue weighted by atomic mass is 10.3. The fraction of sp³-hybridized carbons (Fsp3) is 0.643. The number of aliphatic hydroxyl groups is 1. The largest absolute Gasteiger partial charge is 0.395 e. The summed E-state index contributed by atoms with van der Waals surface area (Å²) in [7, 11) is 0. The molecule has 2 N–H and O–H groups in total. The number of nitrogens with zero attached hydrogens (tertiary/aromatic N) is 2. The normalized spacial score (nSPS) is 15.1. The van der Waals surface area contributed by atoms with E-state index in [0.717, 1.165) is 37.6 Å². The van der Waals surface area contributed by atoms with Gasteiger partial charge in [-0.05, 0) is 31.4 Å². The van der Waals surface area contributed by atoms with E-state index in [2.05, 4.69) is 28.2 Å². The minimum Gasteiger partial charge on any atom is -0.395 e. The third kappa shape index (κ3) is 3.96. The Morgan fingerprint density at radius 2 is 2.28 bits per heavy atom. The van der Waals surface area contributed by atoms with Crippen LogP contribution < -0.4 is 5.32 Å². The molecule has 1 heterocycles. The maximum absolute atomic E-state index is 9.09. The zero-order chi connectivity index (χ0) is 12.8.